The molecule has 2 amide bonds. The lowest BCUT2D eigenvalue weighted by Gasteiger charge is -2.31. The number of ether oxygens (including phenoxy) is 1. The van der Waals surface area contributed by atoms with Gasteiger partial charge in [-0.3, -0.25) is 9.52 Å². The monoisotopic (exact) mass is 690 g/mol. The lowest BCUT2D eigenvalue weighted by molar-refractivity contribution is 0.0979. The van der Waals surface area contributed by atoms with Crippen LogP contribution in [0.5, 0.6) is 0 Å². The second-order valence-electron chi connectivity index (χ2n) is 15.0. The van der Waals surface area contributed by atoms with Crippen LogP contribution in [0.2, 0.25) is 0 Å². The van der Waals surface area contributed by atoms with Gasteiger partial charge in [0.25, 0.3) is 5.91 Å². The van der Waals surface area contributed by atoms with Crippen molar-refractivity contribution in [1.82, 2.24) is 24.5 Å². The molecule has 49 heavy (non-hydrogen) atoms. The summed E-state index contributed by atoms with van der Waals surface area (Å²) in [6, 6.07) is 8.81. The Morgan fingerprint density at radius 3 is 2.61 bits per heavy atom. The predicted molar refractivity (Wildman–Crippen MR) is 194 cm³/mol. The van der Waals surface area contributed by atoms with Crippen molar-refractivity contribution in [2.24, 2.45) is 5.92 Å². The first kappa shape index (κ1) is 36.6. The maximum absolute atomic E-state index is 14.7. The Bertz CT molecular complexity index is 1600. The molecule has 3 aliphatic rings. The number of allylic oxidation sites excluding steroid dienone is 2. The number of nitrogens with one attached hydrogen (secondary N) is 2. The third-order valence-corrected chi connectivity index (χ3v) is 10.5. The van der Waals surface area contributed by atoms with Crippen LogP contribution in [0, 0.1) is 11.9 Å². The third kappa shape index (κ3) is 9.94. The first-order valence-corrected chi connectivity index (χ1v) is 18.2. The number of carbonyl (C=O) groups excluding carboxylic acids is 2. The molecule has 9 nitrogen and oxygen atoms in total. The number of rotatable bonds is 11. The van der Waals surface area contributed by atoms with Crippen LogP contribution in [-0.4, -0.2) is 76.6 Å². The molecule has 0 bridgehead atoms. The zero-order valence-electron chi connectivity index (χ0n) is 29.7. The van der Waals surface area contributed by atoms with E-state index in [4.69, 9.17) is 9.72 Å². The molecule has 2 aliphatic heterocycles. The van der Waals surface area contributed by atoms with E-state index in [1.807, 2.05) is 39.0 Å². The zero-order chi connectivity index (χ0) is 35.2. The topological polar surface area (TPSA) is 99.7 Å². The minimum atomic E-state index is -0.792. The minimum absolute atomic E-state index is 0.0357. The Kier molecular flexibility index (Phi) is 11.9. The zero-order valence-corrected chi connectivity index (χ0v) is 30.5. The number of halogens is 1. The molecule has 1 aliphatic carbocycles. The number of likely N-dealkylation sites (tertiary alicyclic amines) is 1. The minimum Gasteiger partial charge on any atom is -0.445 e. The molecule has 2 aromatic rings. The highest BCUT2D eigenvalue weighted by Crippen LogP contribution is 2.35. The Hall–Kier alpha value is -3.70. The summed E-state index contributed by atoms with van der Waals surface area (Å²) in [6.45, 7) is 12.9. The second-order valence-corrected chi connectivity index (χ2v) is 15.8. The van der Waals surface area contributed by atoms with Crippen molar-refractivity contribution in [3.8, 4) is 0 Å². The van der Waals surface area contributed by atoms with Gasteiger partial charge < -0.3 is 19.9 Å². The molecule has 2 unspecified atom stereocenters. The maximum atomic E-state index is 14.7. The van der Waals surface area contributed by atoms with Gasteiger partial charge in [-0.05, 0) is 101 Å². The predicted octanol–water partition coefficient (Wildman–Crippen LogP) is 7.69. The van der Waals surface area contributed by atoms with E-state index in [1.165, 1.54) is 11.6 Å². The van der Waals surface area contributed by atoms with Gasteiger partial charge in [0.15, 0.2) is 0 Å². The van der Waals surface area contributed by atoms with E-state index >= 15 is 0 Å². The van der Waals surface area contributed by atoms with E-state index in [1.54, 1.807) is 17.0 Å². The van der Waals surface area contributed by atoms with Gasteiger partial charge in [-0.1, -0.05) is 51.1 Å². The third-order valence-electron chi connectivity index (χ3n) is 9.76. The van der Waals surface area contributed by atoms with Gasteiger partial charge in [0.2, 0.25) is 5.95 Å². The van der Waals surface area contributed by atoms with Crippen LogP contribution < -0.4 is 10.0 Å². The number of hydrogen-bond donors (Lipinski definition) is 2. The van der Waals surface area contributed by atoms with E-state index in [0.717, 1.165) is 62.6 Å². The van der Waals surface area contributed by atoms with Crippen molar-refractivity contribution in [3.63, 3.8) is 0 Å². The number of carbonyl (C=O) groups is 2. The number of amides is 2. The summed E-state index contributed by atoms with van der Waals surface area (Å²) < 4.78 is 23.1. The molecule has 2 N–H and O–H groups in total. The van der Waals surface area contributed by atoms with Gasteiger partial charge in [-0.25, -0.2) is 14.8 Å². The fraction of sp³-hybridized carbons (Fsp3) is 0.526. The number of aromatic nitrogens is 2. The van der Waals surface area contributed by atoms with Crippen LogP contribution in [0.15, 0.2) is 70.8 Å². The van der Waals surface area contributed by atoms with Crippen molar-refractivity contribution in [3.05, 3.63) is 83.0 Å². The SMILES string of the molecule is CN1CC(CCC(Nc2cccc(SNC(=O)c3ccc(C(C)(C)C)nc3F)n2)C2=CCN(C(=O)OCC3=CCCC=C3)CC2)CC1(C)C. The molecule has 1 saturated heterocycles. The Labute approximate surface area is 295 Å². The second kappa shape index (κ2) is 15.9. The summed E-state index contributed by atoms with van der Waals surface area (Å²) in [6.07, 6.45) is 14.0. The molecular weight excluding hydrogens is 640 g/mol. The number of nitrogens with zero attached hydrogens (tertiary/aromatic N) is 4. The lowest BCUT2D eigenvalue weighted by Crippen LogP contribution is -2.38. The number of anilines is 1. The molecule has 4 heterocycles. The van der Waals surface area contributed by atoms with Gasteiger partial charge in [-0.15, -0.1) is 0 Å². The Balaban J connectivity index is 1.23. The molecule has 264 valence electrons. The van der Waals surface area contributed by atoms with Crippen molar-refractivity contribution in [2.45, 2.75) is 95.2 Å². The highest BCUT2D eigenvalue weighted by atomic mass is 32.2. The van der Waals surface area contributed by atoms with E-state index in [2.05, 4.69) is 59.0 Å². The summed E-state index contributed by atoms with van der Waals surface area (Å²) in [5.74, 6) is -0.0761. The summed E-state index contributed by atoms with van der Waals surface area (Å²) >= 11 is 1.04. The van der Waals surface area contributed by atoms with Crippen LogP contribution in [-0.2, 0) is 10.2 Å². The molecule has 0 aromatic carbocycles. The average molecular weight is 691 g/mol. The van der Waals surface area contributed by atoms with Gasteiger partial charge in [0, 0.05) is 54.3 Å². The normalized spacial score (nSPS) is 20.0. The lowest BCUT2D eigenvalue weighted by atomic mass is 9.89. The highest BCUT2D eigenvalue weighted by Gasteiger charge is 2.36. The first-order valence-electron chi connectivity index (χ1n) is 17.3. The standard InChI is InChI=1S/C38H51FN6O3S/c1-37(2,3)31-18-16-29(34(39)41-31)35(46)43-49-33-14-10-13-32(42-33)40-30(17-15-27-23-38(4,5)44(6)24-27)28-19-21-45(22-20-28)36(47)48-25-26-11-8-7-9-12-26/h8,10-14,16,18-19,27,30H,7,9,15,17,20-25H2,1-6H3,(H,40,42)(H,43,46). The van der Waals surface area contributed by atoms with Gasteiger partial charge in [0.05, 0.1) is 5.56 Å². The molecule has 2 aromatic heterocycles. The van der Waals surface area contributed by atoms with E-state index in [-0.39, 0.29) is 28.7 Å². The van der Waals surface area contributed by atoms with E-state index in [9.17, 15) is 14.0 Å². The van der Waals surface area contributed by atoms with Gasteiger partial charge in [-0.2, -0.15) is 4.39 Å². The summed E-state index contributed by atoms with van der Waals surface area (Å²) in [5.41, 5.74) is 2.63. The van der Waals surface area contributed by atoms with Crippen molar-refractivity contribution < 1.29 is 18.7 Å². The molecule has 11 heteroatoms. The fourth-order valence-electron chi connectivity index (χ4n) is 6.59. The largest absolute Gasteiger partial charge is 0.445 e. The smallest absolute Gasteiger partial charge is 0.410 e. The van der Waals surface area contributed by atoms with Crippen LogP contribution >= 0.6 is 11.9 Å². The van der Waals surface area contributed by atoms with Crippen LogP contribution in [0.4, 0.5) is 15.0 Å². The quantitative estimate of drug-likeness (QED) is 0.141. The van der Waals surface area contributed by atoms with Crippen molar-refractivity contribution in [1.29, 1.82) is 0 Å². The van der Waals surface area contributed by atoms with E-state index < -0.39 is 11.9 Å². The average Bonchev–Trinajstić information content (AvgIpc) is 3.35. The number of pyridine rings is 2. The first-order chi connectivity index (χ1) is 23.3. The summed E-state index contributed by atoms with van der Waals surface area (Å²) in [7, 11) is 2.20. The molecule has 0 saturated carbocycles. The molecule has 0 spiro atoms. The van der Waals surface area contributed by atoms with Crippen molar-refractivity contribution >= 4 is 29.8 Å². The van der Waals surface area contributed by atoms with Crippen molar-refractivity contribution in [2.75, 3.05) is 38.6 Å². The fourth-order valence-corrected chi connectivity index (χ4v) is 7.19. The summed E-state index contributed by atoms with van der Waals surface area (Å²) in [4.78, 5) is 38.7. The number of hydrogen-bond acceptors (Lipinski definition) is 8. The Morgan fingerprint density at radius 1 is 1.14 bits per heavy atom. The van der Waals surface area contributed by atoms with Gasteiger partial charge in [0.1, 0.15) is 17.5 Å². The highest BCUT2D eigenvalue weighted by molar-refractivity contribution is 7.97. The van der Waals surface area contributed by atoms with Crippen LogP contribution in [0.1, 0.15) is 89.2 Å². The molecule has 0 radical (unpaired) electrons. The molecule has 5 rings (SSSR count). The Morgan fingerprint density at radius 2 is 1.96 bits per heavy atom. The molecular formula is C38H51FN6O3S. The van der Waals surface area contributed by atoms with Crippen LogP contribution in [0.25, 0.3) is 0 Å². The summed E-state index contributed by atoms with van der Waals surface area (Å²) in [5, 5.41) is 4.24. The van der Waals surface area contributed by atoms with E-state index in [0.29, 0.717) is 42.2 Å². The maximum Gasteiger partial charge on any atom is 0.410 e. The van der Waals surface area contributed by atoms with Crippen LogP contribution in [0.3, 0.4) is 0 Å². The molecule has 2 atom stereocenters. The molecule has 1 fully saturated rings. The van der Waals surface area contributed by atoms with Gasteiger partial charge >= 0.3 is 6.09 Å².